The van der Waals surface area contributed by atoms with Crippen molar-refractivity contribution in [3.8, 4) is 23.0 Å². The standard InChI is InChI=1S/C23H24N2O6S/c1-25(32(4,27)28)20-15-22(30-3)21(29-2)14-19(20)23(26)24-16-10-12-18(13-11-16)31-17-8-6-5-7-9-17/h5-15H,1-4H3,(H,24,26). The van der Waals surface area contributed by atoms with E-state index in [1.165, 1.54) is 33.4 Å². The Hall–Kier alpha value is -3.72. The average Bonchev–Trinajstić information content (AvgIpc) is 2.79. The summed E-state index contributed by atoms with van der Waals surface area (Å²) >= 11 is 0. The first kappa shape index (κ1) is 23.0. The third-order valence-corrected chi connectivity index (χ3v) is 5.87. The lowest BCUT2D eigenvalue weighted by atomic mass is 10.1. The molecule has 9 heteroatoms. The molecular formula is C23H24N2O6S. The van der Waals surface area contributed by atoms with Crippen molar-refractivity contribution in [3.05, 3.63) is 72.3 Å². The first-order chi connectivity index (χ1) is 15.2. The van der Waals surface area contributed by atoms with Crippen LogP contribution in [0.1, 0.15) is 10.4 Å². The lowest BCUT2D eigenvalue weighted by molar-refractivity contribution is 0.102. The summed E-state index contributed by atoms with van der Waals surface area (Å²) in [5.74, 6) is 1.40. The number of benzene rings is 3. The summed E-state index contributed by atoms with van der Waals surface area (Å²) in [5.41, 5.74) is 0.782. The minimum absolute atomic E-state index is 0.111. The van der Waals surface area contributed by atoms with E-state index in [2.05, 4.69) is 5.32 Å². The number of para-hydroxylation sites is 1. The molecule has 3 aromatic carbocycles. The zero-order valence-corrected chi connectivity index (χ0v) is 19.0. The second-order valence-electron chi connectivity index (χ2n) is 6.85. The number of anilines is 2. The lowest BCUT2D eigenvalue weighted by Gasteiger charge is -2.22. The Labute approximate surface area is 187 Å². The Bertz CT molecular complexity index is 1200. The minimum atomic E-state index is -3.62. The third-order valence-electron chi connectivity index (χ3n) is 4.67. The number of carbonyl (C=O) groups is 1. The van der Waals surface area contributed by atoms with Gasteiger partial charge in [-0.2, -0.15) is 0 Å². The van der Waals surface area contributed by atoms with Crippen LogP contribution < -0.4 is 23.8 Å². The number of amides is 1. The van der Waals surface area contributed by atoms with Crippen LogP contribution >= 0.6 is 0 Å². The number of nitrogens with zero attached hydrogens (tertiary/aromatic N) is 1. The van der Waals surface area contributed by atoms with E-state index in [9.17, 15) is 13.2 Å². The van der Waals surface area contributed by atoms with Crippen molar-refractivity contribution in [3.63, 3.8) is 0 Å². The molecule has 1 N–H and O–H groups in total. The van der Waals surface area contributed by atoms with Crippen LogP contribution in [0.15, 0.2) is 66.7 Å². The maximum Gasteiger partial charge on any atom is 0.257 e. The number of rotatable bonds is 8. The number of methoxy groups -OCH3 is 2. The van der Waals surface area contributed by atoms with Gasteiger partial charge < -0.3 is 19.5 Å². The zero-order valence-electron chi connectivity index (χ0n) is 18.2. The van der Waals surface area contributed by atoms with Crippen molar-refractivity contribution in [1.82, 2.24) is 0 Å². The smallest absolute Gasteiger partial charge is 0.257 e. The quantitative estimate of drug-likeness (QED) is 0.547. The molecular weight excluding hydrogens is 432 g/mol. The molecule has 1 amide bonds. The fraction of sp³-hybridized carbons (Fsp3) is 0.174. The molecule has 0 unspecified atom stereocenters. The topological polar surface area (TPSA) is 94.2 Å². The molecule has 0 aliphatic rings. The predicted molar refractivity (Wildman–Crippen MR) is 124 cm³/mol. The van der Waals surface area contributed by atoms with E-state index in [1.807, 2.05) is 30.3 Å². The Kier molecular flexibility index (Phi) is 6.89. The number of sulfonamides is 1. The molecule has 0 saturated heterocycles. The van der Waals surface area contributed by atoms with E-state index in [4.69, 9.17) is 14.2 Å². The van der Waals surface area contributed by atoms with Gasteiger partial charge in [0.25, 0.3) is 5.91 Å². The predicted octanol–water partition coefficient (Wildman–Crippen LogP) is 4.14. The highest BCUT2D eigenvalue weighted by Crippen LogP contribution is 2.36. The summed E-state index contributed by atoms with van der Waals surface area (Å²) in [4.78, 5) is 13.0. The number of ether oxygens (including phenoxy) is 3. The highest BCUT2D eigenvalue weighted by atomic mass is 32.2. The summed E-state index contributed by atoms with van der Waals surface area (Å²) in [6, 6.07) is 19.0. The van der Waals surface area contributed by atoms with E-state index >= 15 is 0 Å². The molecule has 8 nitrogen and oxygen atoms in total. The maximum absolute atomic E-state index is 13.0. The van der Waals surface area contributed by atoms with Crippen LogP contribution in [0.3, 0.4) is 0 Å². The van der Waals surface area contributed by atoms with Crippen LogP contribution in [-0.2, 0) is 10.0 Å². The van der Waals surface area contributed by atoms with Crippen molar-refractivity contribution in [2.24, 2.45) is 0 Å². The van der Waals surface area contributed by atoms with Gasteiger partial charge in [0.1, 0.15) is 11.5 Å². The molecule has 0 spiro atoms. The van der Waals surface area contributed by atoms with Crippen molar-refractivity contribution in [2.45, 2.75) is 0 Å². The van der Waals surface area contributed by atoms with Crippen molar-refractivity contribution < 1.29 is 27.4 Å². The van der Waals surface area contributed by atoms with Crippen LogP contribution in [0.4, 0.5) is 11.4 Å². The summed E-state index contributed by atoms with van der Waals surface area (Å²) < 4.78 is 41.5. The molecule has 168 valence electrons. The van der Waals surface area contributed by atoms with E-state index in [0.717, 1.165) is 10.6 Å². The van der Waals surface area contributed by atoms with Crippen LogP contribution in [0.5, 0.6) is 23.0 Å². The Morgan fingerprint density at radius 1 is 0.875 bits per heavy atom. The van der Waals surface area contributed by atoms with Gasteiger partial charge in [-0.25, -0.2) is 8.42 Å². The van der Waals surface area contributed by atoms with Crippen molar-refractivity contribution in [1.29, 1.82) is 0 Å². The molecule has 3 rings (SSSR count). The van der Waals surface area contributed by atoms with Gasteiger partial charge in [-0.1, -0.05) is 18.2 Å². The number of carbonyl (C=O) groups excluding carboxylic acids is 1. The van der Waals surface area contributed by atoms with Gasteiger partial charge in [0.15, 0.2) is 11.5 Å². The monoisotopic (exact) mass is 456 g/mol. The molecule has 0 atom stereocenters. The zero-order chi connectivity index (χ0) is 23.3. The normalized spacial score (nSPS) is 10.9. The van der Waals surface area contributed by atoms with E-state index in [-0.39, 0.29) is 11.3 Å². The fourth-order valence-electron chi connectivity index (χ4n) is 2.92. The third kappa shape index (κ3) is 5.30. The molecule has 0 heterocycles. The minimum Gasteiger partial charge on any atom is -0.493 e. The van der Waals surface area contributed by atoms with Gasteiger partial charge in [-0.3, -0.25) is 9.10 Å². The summed E-state index contributed by atoms with van der Waals surface area (Å²) in [7, 11) is 0.607. The molecule has 3 aromatic rings. The molecule has 0 aromatic heterocycles. The Morgan fingerprint density at radius 3 is 2.00 bits per heavy atom. The van der Waals surface area contributed by atoms with Crippen LogP contribution in [0.25, 0.3) is 0 Å². The molecule has 0 radical (unpaired) electrons. The maximum atomic E-state index is 13.0. The number of hydrogen-bond donors (Lipinski definition) is 1. The second-order valence-corrected chi connectivity index (χ2v) is 8.86. The average molecular weight is 457 g/mol. The summed E-state index contributed by atoms with van der Waals surface area (Å²) in [5, 5.41) is 2.77. The fourth-order valence-corrected chi connectivity index (χ4v) is 3.43. The Balaban J connectivity index is 1.88. The summed E-state index contributed by atoms with van der Waals surface area (Å²) in [6.45, 7) is 0. The number of nitrogens with one attached hydrogen (secondary N) is 1. The largest absolute Gasteiger partial charge is 0.493 e. The van der Waals surface area contributed by atoms with Gasteiger partial charge in [0.2, 0.25) is 10.0 Å². The highest BCUT2D eigenvalue weighted by molar-refractivity contribution is 7.92. The molecule has 0 saturated carbocycles. The molecule has 32 heavy (non-hydrogen) atoms. The highest BCUT2D eigenvalue weighted by Gasteiger charge is 2.23. The van der Waals surface area contributed by atoms with Crippen molar-refractivity contribution in [2.75, 3.05) is 37.1 Å². The van der Waals surface area contributed by atoms with Gasteiger partial charge in [0.05, 0.1) is 31.7 Å². The molecule has 0 aliphatic heterocycles. The molecule has 0 bridgehead atoms. The molecule has 0 fully saturated rings. The van der Waals surface area contributed by atoms with Crippen LogP contribution in [0, 0.1) is 0 Å². The number of hydrogen-bond acceptors (Lipinski definition) is 6. The van der Waals surface area contributed by atoms with E-state index in [1.54, 1.807) is 24.3 Å². The first-order valence-corrected chi connectivity index (χ1v) is 11.4. The Morgan fingerprint density at radius 2 is 1.44 bits per heavy atom. The van der Waals surface area contributed by atoms with Gasteiger partial charge >= 0.3 is 0 Å². The second kappa shape index (κ2) is 9.61. The van der Waals surface area contributed by atoms with Crippen molar-refractivity contribution >= 4 is 27.3 Å². The van der Waals surface area contributed by atoms with Gasteiger partial charge in [-0.15, -0.1) is 0 Å². The first-order valence-electron chi connectivity index (χ1n) is 9.57. The van der Waals surface area contributed by atoms with E-state index < -0.39 is 15.9 Å². The molecule has 0 aliphatic carbocycles. The van der Waals surface area contributed by atoms with Gasteiger partial charge in [-0.05, 0) is 42.5 Å². The van der Waals surface area contributed by atoms with Gasteiger partial charge in [0, 0.05) is 18.8 Å². The van der Waals surface area contributed by atoms with E-state index in [0.29, 0.717) is 28.7 Å². The van der Waals surface area contributed by atoms with Crippen LogP contribution in [0.2, 0.25) is 0 Å². The SMILES string of the molecule is COc1cc(C(=O)Nc2ccc(Oc3ccccc3)cc2)c(N(C)S(C)(=O)=O)cc1OC. The summed E-state index contributed by atoms with van der Waals surface area (Å²) in [6.07, 6.45) is 1.05. The lowest BCUT2D eigenvalue weighted by Crippen LogP contribution is -2.28. The van der Waals surface area contributed by atoms with Crippen LogP contribution in [-0.4, -0.2) is 41.8 Å².